The van der Waals surface area contributed by atoms with Gasteiger partial charge in [-0.25, -0.2) is 4.85 Å². The lowest BCUT2D eigenvalue weighted by Crippen LogP contribution is -2.04. The highest BCUT2D eigenvalue weighted by Crippen LogP contribution is 2.32. The first-order valence-electron chi connectivity index (χ1n) is 7.51. The number of benzene rings is 2. The molecule has 0 fully saturated rings. The van der Waals surface area contributed by atoms with Crippen LogP contribution in [0.25, 0.3) is 26.7 Å². The number of carbonyl (C=O) groups excluding carboxylic acids is 2. The van der Waals surface area contributed by atoms with Crippen molar-refractivity contribution < 1.29 is 9.59 Å². The minimum atomic E-state index is -0.168. The summed E-state index contributed by atoms with van der Waals surface area (Å²) in [5.74, 6) is -0.306. The quantitative estimate of drug-likeness (QED) is 0.404. The molecular formula is C19H16N2O2. The van der Waals surface area contributed by atoms with Crippen molar-refractivity contribution in [3.05, 3.63) is 53.4 Å². The summed E-state index contributed by atoms with van der Waals surface area (Å²) >= 11 is 0. The minimum absolute atomic E-state index is 0.0781. The van der Waals surface area contributed by atoms with Crippen LogP contribution in [0.15, 0.2) is 36.4 Å². The average Bonchev–Trinajstić information content (AvgIpc) is 2.86. The molecule has 1 aromatic heterocycles. The fraction of sp³-hybridized carbons (Fsp3) is 0.211. The van der Waals surface area contributed by atoms with Crippen LogP contribution in [-0.4, -0.2) is 16.1 Å². The molecule has 2 aromatic carbocycles. The van der Waals surface area contributed by atoms with Crippen LogP contribution in [0.1, 0.15) is 30.6 Å². The van der Waals surface area contributed by atoms with E-state index in [4.69, 9.17) is 6.57 Å². The molecule has 1 heterocycles. The first-order chi connectivity index (χ1) is 11.0. The molecule has 0 N–H and O–H groups in total. The molecule has 0 bridgehead atoms. The molecule has 3 rings (SSSR count). The van der Waals surface area contributed by atoms with Crippen molar-refractivity contribution in [2.75, 3.05) is 0 Å². The number of nitrogens with zero attached hydrogens (tertiary/aromatic N) is 2. The normalized spacial score (nSPS) is 10.8. The number of carbonyl (C=O) groups is 2. The Bertz CT molecular complexity index is 990. The van der Waals surface area contributed by atoms with E-state index in [1.165, 1.54) is 6.92 Å². The molecule has 0 saturated heterocycles. The zero-order chi connectivity index (χ0) is 16.6. The summed E-state index contributed by atoms with van der Waals surface area (Å²) < 4.78 is 2.16. The number of rotatable bonds is 4. The predicted octanol–water partition coefficient (Wildman–Crippen LogP) is 4.53. The maximum Gasteiger partial charge on any atom is 0.188 e. The SMILES string of the molecule is [C-]#[N+]c1ccc2c(c1)c1cc(C(=O)CC(C)=O)ccc1n2CC. The van der Waals surface area contributed by atoms with Gasteiger partial charge in [0, 0.05) is 28.5 Å². The van der Waals surface area contributed by atoms with Crippen LogP contribution in [0.2, 0.25) is 0 Å². The molecule has 4 heteroatoms. The van der Waals surface area contributed by atoms with Gasteiger partial charge in [-0.15, -0.1) is 0 Å². The predicted molar refractivity (Wildman–Crippen MR) is 91.0 cm³/mol. The third kappa shape index (κ3) is 2.51. The summed E-state index contributed by atoms with van der Waals surface area (Å²) in [6.45, 7) is 11.5. The molecule has 0 aliphatic rings. The molecule has 0 aliphatic carbocycles. The highest BCUT2D eigenvalue weighted by atomic mass is 16.1. The van der Waals surface area contributed by atoms with Gasteiger partial charge in [-0.05, 0) is 49.6 Å². The molecule has 4 nitrogen and oxygen atoms in total. The Morgan fingerprint density at radius 2 is 1.74 bits per heavy atom. The van der Waals surface area contributed by atoms with E-state index in [1.54, 1.807) is 6.07 Å². The Labute approximate surface area is 134 Å². The van der Waals surface area contributed by atoms with Gasteiger partial charge in [-0.1, -0.05) is 6.07 Å². The van der Waals surface area contributed by atoms with Gasteiger partial charge in [0.05, 0.1) is 13.0 Å². The standard InChI is InChI=1S/C19H16N2O2/c1-4-21-17-7-5-13(19(23)9-12(2)22)10-15(17)16-11-14(20-3)6-8-18(16)21/h5-8,10-11H,4,9H2,1-2H3. The maximum atomic E-state index is 12.2. The highest BCUT2D eigenvalue weighted by molar-refractivity contribution is 6.13. The van der Waals surface area contributed by atoms with E-state index >= 15 is 0 Å². The second-order valence-corrected chi connectivity index (χ2v) is 5.59. The van der Waals surface area contributed by atoms with Crippen molar-refractivity contribution in [3.63, 3.8) is 0 Å². The van der Waals surface area contributed by atoms with Gasteiger partial charge in [-0.2, -0.15) is 0 Å². The van der Waals surface area contributed by atoms with Crippen molar-refractivity contribution in [2.45, 2.75) is 26.8 Å². The number of aromatic nitrogens is 1. The van der Waals surface area contributed by atoms with E-state index in [2.05, 4.69) is 16.3 Å². The van der Waals surface area contributed by atoms with Crippen molar-refractivity contribution >= 4 is 39.1 Å². The fourth-order valence-electron chi connectivity index (χ4n) is 3.00. The topological polar surface area (TPSA) is 43.4 Å². The fourth-order valence-corrected chi connectivity index (χ4v) is 3.00. The van der Waals surface area contributed by atoms with E-state index in [1.807, 2.05) is 30.3 Å². The molecule has 0 aliphatic heterocycles. The molecular weight excluding hydrogens is 288 g/mol. The third-order valence-corrected chi connectivity index (χ3v) is 4.03. The summed E-state index contributed by atoms with van der Waals surface area (Å²) in [4.78, 5) is 26.8. The van der Waals surface area contributed by atoms with Crippen molar-refractivity contribution in [2.24, 2.45) is 0 Å². The van der Waals surface area contributed by atoms with Gasteiger partial charge in [0.25, 0.3) is 0 Å². The van der Waals surface area contributed by atoms with Gasteiger partial charge in [0.15, 0.2) is 11.5 Å². The van der Waals surface area contributed by atoms with Crippen LogP contribution in [0.3, 0.4) is 0 Å². The van der Waals surface area contributed by atoms with Crippen LogP contribution < -0.4 is 0 Å². The molecule has 0 amide bonds. The number of hydrogen-bond donors (Lipinski definition) is 0. The largest absolute Gasteiger partial charge is 0.341 e. The van der Waals surface area contributed by atoms with Crippen LogP contribution in [0, 0.1) is 6.57 Å². The molecule has 0 unspecified atom stereocenters. The first-order valence-corrected chi connectivity index (χ1v) is 7.51. The summed E-state index contributed by atoms with van der Waals surface area (Å²) in [6.07, 6.45) is -0.0781. The third-order valence-electron chi connectivity index (χ3n) is 4.03. The van der Waals surface area contributed by atoms with Crippen LogP contribution in [0.4, 0.5) is 5.69 Å². The van der Waals surface area contributed by atoms with Crippen molar-refractivity contribution in [3.8, 4) is 0 Å². The minimum Gasteiger partial charge on any atom is -0.341 e. The lowest BCUT2D eigenvalue weighted by atomic mass is 10.0. The van der Waals surface area contributed by atoms with Gasteiger partial charge in [0.1, 0.15) is 5.78 Å². The molecule has 0 saturated carbocycles. The zero-order valence-electron chi connectivity index (χ0n) is 13.1. The summed E-state index contributed by atoms with van der Waals surface area (Å²) in [5.41, 5.74) is 3.19. The molecule has 3 aromatic rings. The van der Waals surface area contributed by atoms with Gasteiger partial charge < -0.3 is 4.57 Å². The lowest BCUT2D eigenvalue weighted by Gasteiger charge is -2.03. The van der Waals surface area contributed by atoms with Gasteiger partial charge in [-0.3, -0.25) is 9.59 Å². The second kappa shape index (κ2) is 5.69. The summed E-state index contributed by atoms with van der Waals surface area (Å²) in [7, 11) is 0. The van der Waals surface area contributed by atoms with Crippen LogP contribution >= 0.6 is 0 Å². The number of Topliss-reactive ketones (excluding diaryl/α,β-unsaturated/α-hetero) is 2. The smallest absolute Gasteiger partial charge is 0.188 e. The number of fused-ring (bicyclic) bond motifs is 3. The van der Waals surface area contributed by atoms with E-state index in [9.17, 15) is 9.59 Å². The number of hydrogen-bond acceptors (Lipinski definition) is 2. The monoisotopic (exact) mass is 304 g/mol. The van der Waals surface area contributed by atoms with Gasteiger partial charge in [0.2, 0.25) is 0 Å². The van der Waals surface area contributed by atoms with E-state index in [-0.39, 0.29) is 18.0 Å². The Morgan fingerprint density at radius 3 is 2.35 bits per heavy atom. The lowest BCUT2D eigenvalue weighted by molar-refractivity contribution is -0.116. The Hall–Kier alpha value is -2.93. The van der Waals surface area contributed by atoms with E-state index < -0.39 is 0 Å². The summed E-state index contributed by atoms with van der Waals surface area (Å²) in [5, 5.41) is 1.91. The number of ketones is 2. The molecule has 114 valence electrons. The van der Waals surface area contributed by atoms with Crippen molar-refractivity contribution in [1.29, 1.82) is 0 Å². The highest BCUT2D eigenvalue weighted by Gasteiger charge is 2.14. The molecule has 0 atom stereocenters. The van der Waals surface area contributed by atoms with Gasteiger partial charge >= 0.3 is 0 Å². The average molecular weight is 304 g/mol. The Balaban J connectivity index is 2.28. The summed E-state index contributed by atoms with van der Waals surface area (Å²) in [6, 6.07) is 11.1. The Kier molecular flexibility index (Phi) is 3.71. The molecule has 0 radical (unpaired) electrons. The van der Waals surface area contributed by atoms with Crippen LogP contribution in [-0.2, 0) is 11.3 Å². The van der Waals surface area contributed by atoms with Crippen molar-refractivity contribution in [1.82, 2.24) is 4.57 Å². The van der Waals surface area contributed by atoms with E-state index in [0.29, 0.717) is 11.3 Å². The maximum absolute atomic E-state index is 12.2. The van der Waals surface area contributed by atoms with Crippen LogP contribution in [0.5, 0.6) is 0 Å². The Morgan fingerprint density at radius 1 is 1.09 bits per heavy atom. The second-order valence-electron chi connectivity index (χ2n) is 5.59. The first kappa shape index (κ1) is 15.0. The number of aryl methyl sites for hydroxylation is 1. The zero-order valence-corrected chi connectivity index (χ0v) is 13.1. The molecule has 23 heavy (non-hydrogen) atoms. The van der Waals surface area contributed by atoms with E-state index in [0.717, 1.165) is 28.4 Å². The molecule has 0 spiro atoms.